The summed E-state index contributed by atoms with van der Waals surface area (Å²) in [5.41, 5.74) is 2.06. The quantitative estimate of drug-likeness (QED) is 0.851. The fourth-order valence-corrected chi connectivity index (χ4v) is 1.88. The Hall–Kier alpha value is -2.62. The molecule has 1 N–H and O–H groups in total. The zero-order valence-corrected chi connectivity index (χ0v) is 11.8. The maximum absolute atomic E-state index is 13.9. The molecule has 0 atom stereocenters. The van der Waals surface area contributed by atoms with E-state index in [0.29, 0.717) is 11.3 Å². The van der Waals surface area contributed by atoms with Gasteiger partial charge in [-0.15, -0.1) is 0 Å². The zero-order chi connectivity index (χ0) is 15.4. The molecule has 0 fully saturated rings. The average Bonchev–Trinajstić information content (AvgIpc) is 2.44. The van der Waals surface area contributed by atoms with Crippen LogP contribution in [0.3, 0.4) is 0 Å². The summed E-state index contributed by atoms with van der Waals surface area (Å²) >= 11 is 0. The lowest BCUT2D eigenvalue weighted by Gasteiger charge is -2.11. The molecule has 0 aromatic heterocycles. The van der Waals surface area contributed by atoms with Gasteiger partial charge in [-0.3, -0.25) is 0 Å². The highest BCUT2D eigenvalue weighted by molar-refractivity contribution is 5.85. The topological polar surface area (TPSA) is 46.5 Å². The van der Waals surface area contributed by atoms with Crippen molar-refractivity contribution in [3.63, 3.8) is 0 Å². The minimum Gasteiger partial charge on any atom is -0.478 e. The van der Waals surface area contributed by atoms with Crippen LogP contribution < -0.4 is 4.74 Å². The lowest BCUT2D eigenvalue weighted by Crippen LogP contribution is -1.93. The molecule has 0 spiro atoms. The van der Waals surface area contributed by atoms with E-state index in [1.165, 1.54) is 6.08 Å². The second kappa shape index (κ2) is 6.22. The second-order valence-electron chi connectivity index (χ2n) is 4.69. The van der Waals surface area contributed by atoms with Crippen molar-refractivity contribution in [2.24, 2.45) is 0 Å². The first-order valence-corrected chi connectivity index (χ1v) is 6.42. The number of aryl methyl sites for hydroxylation is 2. The zero-order valence-electron chi connectivity index (χ0n) is 11.8. The number of carbonyl (C=O) groups is 1. The van der Waals surface area contributed by atoms with Gasteiger partial charge in [0.2, 0.25) is 0 Å². The molecule has 0 bridgehead atoms. The molecule has 2 aromatic rings. The van der Waals surface area contributed by atoms with Crippen LogP contribution in [0.4, 0.5) is 4.39 Å². The Balaban J connectivity index is 2.25. The van der Waals surface area contributed by atoms with Crippen molar-refractivity contribution in [2.75, 3.05) is 0 Å². The van der Waals surface area contributed by atoms with Crippen LogP contribution in [0.25, 0.3) is 6.08 Å². The van der Waals surface area contributed by atoms with Gasteiger partial charge < -0.3 is 9.84 Å². The molecule has 2 aromatic carbocycles. The largest absolute Gasteiger partial charge is 0.478 e. The van der Waals surface area contributed by atoms with Crippen molar-refractivity contribution < 1.29 is 19.0 Å². The van der Waals surface area contributed by atoms with E-state index in [9.17, 15) is 9.18 Å². The molecule has 0 heterocycles. The monoisotopic (exact) mass is 286 g/mol. The standard InChI is InChI=1S/C17H15FO3/c1-11-4-3-5-15(17(11)18)21-14-8-6-13(10-12(14)2)7-9-16(19)20/h3-10H,1-2H3,(H,19,20)/b9-7+. The van der Waals surface area contributed by atoms with Crippen molar-refractivity contribution >= 4 is 12.0 Å². The smallest absolute Gasteiger partial charge is 0.328 e. The number of aliphatic carboxylic acids is 1. The van der Waals surface area contributed by atoms with Crippen LogP contribution in [0.1, 0.15) is 16.7 Å². The van der Waals surface area contributed by atoms with E-state index in [4.69, 9.17) is 9.84 Å². The van der Waals surface area contributed by atoms with Gasteiger partial charge in [-0.2, -0.15) is 0 Å². The number of benzene rings is 2. The first-order chi connectivity index (χ1) is 9.97. The molecule has 3 nitrogen and oxygen atoms in total. The molecule has 0 saturated heterocycles. The Bertz CT molecular complexity index is 705. The maximum Gasteiger partial charge on any atom is 0.328 e. The van der Waals surface area contributed by atoms with Gasteiger partial charge in [0.1, 0.15) is 5.75 Å². The minimum atomic E-state index is -1.00. The molecule has 0 radical (unpaired) electrons. The Morgan fingerprint density at radius 2 is 1.90 bits per heavy atom. The number of halogens is 1. The predicted molar refractivity (Wildman–Crippen MR) is 79.1 cm³/mol. The predicted octanol–water partition coefficient (Wildman–Crippen LogP) is 4.33. The average molecular weight is 286 g/mol. The number of carboxylic acid groups (broad SMARTS) is 1. The van der Waals surface area contributed by atoms with Crippen molar-refractivity contribution in [2.45, 2.75) is 13.8 Å². The Labute approximate surface area is 122 Å². The van der Waals surface area contributed by atoms with Gasteiger partial charge in [0.05, 0.1) is 0 Å². The second-order valence-corrected chi connectivity index (χ2v) is 4.69. The van der Waals surface area contributed by atoms with Gasteiger partial charge in [0, 0.05) is 6.08 Å². The molecule has 108 valence electrons. The third-order valence-electron chi connectivity index (χ3n) is 2.99. The van der Waals surface area contributed by atoms with Crippen LogP contribution in [0.15, 0.2) is 42.5 Å². The van der Waals surface area contributed by atoms with Crippen molar-refractivity contribution in [3.05, 3.63) is 65.0 Å². The van der Waals surface area contributed by atoms with Gasteiger partial charge in [0.15, 0.2) is 11.6 Å². The van der Waals surface area contributed by atoms with E-state index in [1.54, 1.807) is 43.3 Å². The fourth-order valence-electron chi connectivity index (χ4n) is 1.88. The molecule has 2 rings (SSSR count). The molecule has 0 unspecified atom stereocenters. The molecule has 0 aliphatic rings. The molecular weight excluding hydrogens is 271 g/mol. The number of carboxylic acids is 1. The summed E-state index contributed by atoms with van der Waals surface area (Å²) in [5.74, 6) is -0.680. The van der Waals surface area contributed by atoms with Crippen molar-refractivity contribution in [3.8, 4) is 11.5 Å². The van der Waals surface area contributed by atoms with E-state index >= 15 is 0 Å². The number of rotatable bonds is 4. The Morgan fingerprint density at radius 3 is 2.57 bits per heavy atom. The molecule has 4 heteroatoms. The van der Waals surface area contributed by atoms with Crippen LogP contribution in [-0.2, 0) is 4.79 Å². The van der Waals surface area contributed by atoms with E-state index in [1.807, 2.05) is 6.92 Å². The van der Waals surface area contributed by atoms with Crippen molar-refractivity contribution in [1.29, 1.82) is 0 Å². The third-order valence-corrected chi connectivity index (χ3v) is 2.99. The van der Waals surface area contributed by atoms with Gasteiger partial charge in [-0.1, -0.05) is 18.2 Å². The van der Waals surface area contributed by atoms with Crippen molar-refractivity contribution in [1.82, 2.24) is 0 Å². The van der Waals surface area contributed by atoms with Gasteiger partial charge in [0.25, 0.3) is 0 Å². The summed E-state index contributed by atoms with van der Waals surface area (Å²) < 4.78 is 19.5. The van der Waals surface area contributed by atoms with Gasteiger partial charge in [-0.25, -0.2) is 9.18 Å². The molecule has 0 aliphatic heterocycles. The normalized spacial score (nSPS) is 10.8. The van der Waals surface area contributed by atoms with Gasteiger partial charge in [-0.05, 0) is 54.8 Å². The summed E-state index contributed by atoms with van der Waals surface area (Å²) in [6.45, 7) is 3.50. The van der Waals surface area contributed by atoms with Crippen LogP contribution in [0.2, 0.25) is 0 Å². The molecule has 0 saturated carbocycles. The summed E-state index contributed by atoms with van der Waals surface area (Å²) in [6, 6.07) is 10.2. The first kappa shape index (κ1) is 14.8. The molecule has 0 aliphatic carbocycles. The third kappa shape index (κ3) is 3.69. The van der Waals surface area contributed by atoms with E-state index in [0.717, 1.165) is 17.2 Å². The molecular formula is C17H15FO3. The van der Waals surface area contributed by atoms with E-state index < -0.39 is 5.97 Å². The molecule has 0 amide bonds. The molecule has 21 heavy (non-hydrogen) atoms. The summed E-state index contributed by atoms with van der Waals surface area (Å²) in [6.07, 6.45) is 2.56. The summed E-state index contributed by atoms with van der Waals surface area (Å²) in [5, 5.41) is 8.60. The van der Waals surface area contributed by atoms with Crippen LogP contribution in [0, 0.1) is 19.7 Å². The lowest BCUT2D eigenvalue weighted by molar-refractivity contribution is -0.131. The van der Waals surface area contributed by atoms with Crippen LogP contribution in [-0.4, -0.2) is 11.1 Å². The first-order valence-electron chi connectivity index (χ1n) is 6.42. The van der Waals surface area contributed by atoms with E-state index in [2.05, 4.69) is 0 Å². The highest BCUT2D eigenvalue weighted by atomic mass is 19.1. The summed E-state index contributed by atoms with van der Waals surface area (Å²) in [7, 11) is 0. The number of hydrogen-bond acceptors (Lipinski definition) is 2. The maximum atomic E-state index is 13.9. The van der Waals surface area contributed by atoms with Crippen LogP contribution >= 0.6 is 0 Å². The highest BCUT2D eigenvalue weighted by Gasteiger charge is 2.08. The SMILES string of the molecule is Cc1cc(/C=C/C(=O)O)ccc1Oc1cccc(C)c1F. The summed E-state index contributed by atoms with van der Waals surface area (Å²) in [4.78, 5) is 10.5. The fraction of sp³-hybridized carbons (Fsp3) is 0.118. The van der Waals surface area contributed by atoms with Gasteiger partial charge >= 0.3 is 5.97 Å². The minimum absolute atomic E-state index is 0.173. The number of ether oxygens (including phenoxy) is 1. The Kier molecular flexibility index (Phi) is 4.38. The number of hydrogen-bond donors (Lipinski definition) is 1. The lowest BCUT2D eigenvalue weighted by atomic mass is 10.1. The Morgan fingerprint density at radius 1 is 1.14 bits per heavy atom. The van der Waals surface area contributed by atoms with Crippen LogP contribution in [0.5, 0.6) is 11.5 Å². The van der Waals surface area contributed by atoms with E-state index in [-0.39, 0.29) is 11.6 Å². The highest BCUT2D eigenvalue weighted by Crippen LogP contribution is 2.29.